The summed E-state index contributed by atoms with van der Waals surface area (Å²) in [7, 11) is 0. The largest absolute Gasteiger partial charge is 0.419 e. The summed E-state index contributed by atoms with van der Waals surface area (Å²) in [6, 6.07) is 10.4. The molecule has 1 N–H and O–H groups in total. The summed E-state index contributed by atoms with van der Waals surface area (Å²) >= 11 is 1.80. The van der Waals surface area contributed by atoms with Gasteiger partial charge in [-0.05, 0) is 62.3 Å². The fourth-order valence-corrected chi connectivity index (χ4v) is 6.15. The minimum absolute atomic E-state index is 0.0140. The van der Waals surface area contributed by atoms with Crippen LogP contribution in [0.5, 0.6) is 0 Å². The second-order valence-electron chi connectivity index (χ2n) is 8.59. The van der Waals surface area contributed by atoms with Gasteiger partial charge in [0.25, 0.3) is 5.89 Å². The quantitative estimate of drug-likeness (QED) is 0.521. The molecule has 4 heterocycles. The van der Waals surface area contributed by atoms with Gasteiger partial charge in [0, 0.05) is 24.0 Å². The Morgan fingerprint density at radius 2 is 1.97 bits per heavy atom. The molecule has 7 nitrogen and oxygen atoms in total. The van der Waals surface area contributed by atoms with Crippen LogP contribution >= 0.6 is 11.3 Å². The molecular weight excluding hydrogens is 410 g/mol. The molecule has 1 saturated heterocycles. The fraction of sp³-hybridized carbons (Fsp3) is 0.435. The Morgan fingerprint density at radius 3 is 2.84 bits per heavy atom. The molecule has 0 saturated carbocycles. The number of aryl methyl sites for hydroxylation is 2. The molecule has 2 aliphatic rings. The Morgan fingerprint density at radius 1 is 1.13 bits per heavy atom. The molecule has 3 aromatic heterocycles. The first-order chi connectivity index (χ1) is 15.2. The lowest BCUT2D eigenvalue weighted by molar-refractivity contribution is 0.167. The van der Waals surface area contributed by atoms with Gasteiger partial charge in [0.15, 0.2) is 0 Å². The number of rotatable bonds is 4. The zero-order valence-corrected chi connectivity index (χ0v) is 18.2. The van der Waals surface area contributed by atoms with Gasteiger partial charge in [0.2, 0.25) is 5.89 Å². The molecule has 1 aromatic carbocycles. The maximum Gasteiger partial charge on any atom is 0.326 e. The number of para-hydroxylation sites is 2. The Balaban J connectivity index is 1.12. The molecule has 6 rings (SSSR count). The van der Waals surface area contributed by atoms with Crippen molar-refractivity contribution in [2.75, 3.05) is 13.1 Å². The summed E-state index contributed by atoms with van der Waals surface area (Å²) in [5, 5.41) is 8.62. The lowest BCUT2D eigenvalue weighted by atomic mass is 9.99. The van der Waals surface area contributed by atoms with E-state index in [-0.39, 0.29) is 11.7 Å². The van der Waals surface area contributed by atoms with Crippen LogP contribution in [0, 0.1) is 0 Å². The molecule has 8 heteroatoms. The number of imidazole rings is 1. The molecular formula is C23H25N5O2S. The van der Waals surface area contributed by atoms with Crippen molar-refractivity contribution in [1.82, 2.24) is 24.6 Å². The van der Waals surface area contributed by atoms with E-state index >= 15 is 0 Å². The van der Waals surface area contributed by atoms with Crippen molar-refractivity contribution in [2.24, 2.45) is 0 Å². The van der Waals surface area contributed by atoms with E-state index in [0.29, 0.717) is 18.3 Å². The van der Waals surface area contributed by atoms with Crippen LogP contribution in [-0.2, 0) is 19.4 Å². The van der Waals surface area contributed by atoms with E-state index in [1.165, 1.54) is 36.1 Å². The molecule has 0 spiro atoms. The zero-order chi connectivity index (χ0) is 20.8. The van der Waals surface area contributed by atoms with Crippen LogP contribution in [0.25, 0.3) is 21.8 Å². The predicted molar refractivity (Wildman–Crippen MR) is 120 cm³/mol. The molecule has 1 aliphatic carbocycles. The summed E-state index contributed by atoms with van der Waals surface area (Å²) in [5.74, 6) is 1.32. The first-order valence-corrected chi connectivity index (χ1v) is 11.9. The molecule has 0 radical (unpaired) electrons. The Labute approximate surface area is 183 Å². The van der Waals surface area contributed by atoms with Crippen LogP contribution in [0.3, 0.4) is 0 Å². The van der Waals surface area contributed by atoms with E-state index in [1.54, 1.807) is 11.3 Å². The number of nitrogens with zero attached hydrogens (tertiary/aromatic N) is 4. The van der Waals surface area contributed by atoms with Crippen LogP contribution in [0.4, 0.5) is 0 Å². The zero-order valence-electron chi connectivity index (χ0n) is 17.3. The van der Waals surface area contributed by atoms with Gasteiger partial charge in [0.05, 0.1) is 22.5 Å². The maximum absolute atomic E-state index is 12.5. The van der Waals surface area contributed by atoms with Crippen LogP contribution in [-0.4, -0.2) is 37.7 Å². The molecule has 4 aromatic rings. The third kappa shape index (κ3) is 3.53. The molecule has 1 aliphatic heterocycles. The minimum atomic E-state index is -0.0140. The van der Waals surface area contributed by atoms with E-state index in [9.17, 15) is 4.79 Å². The van der Waals surface area contributed by atoms with Gasteiger partial charge in [-0.15, -0.1) is 21.5 Å². The molecule has 160 valence electrons. The molecule has 0 unspecified atom stereocenters. The van der Waals surface area contributed by atoms with E-state index in [0.717, 1.165) is 41.8 Å². The Hall–Kier alpha value is -2.71. The minimum Gasteiger partial charge on any atom is -0.419 e. The maximum atomic E-state index is 12.5. The van der Waals surface area contributed by atoms with E-state index < -0.39 is 0 Å². The second kappa shape index (κ2) is 7.76. The van der Waals surface area contributed by atoms with E-state index in [2.05, 4.69) is 26.1 Å². The van der Waals surface area contributed by atoms with E-state index in [4.69, 9.17) is 4.42 Å². The number of nitrogens with one attached hydrogen (secondary N) is 1. The number of aromatic amines is 1. The average Bonchev–Trinajstić information content (AvgIpc) is 3.50. The van der Waals surface area contributed by atoms with Crippen LogP contribution in [0.15, 0.2) is 39.5 Å². The van der Waals surface area contributed by atoms with Crippen molar-refractivity contribution in [3.63, 3.8) is 0 Å². The lowest BCUT2D eigenvalue weighted by Gasteiger charge is -2.31. The van der Waals surface area contributed by atoms with Gasteiger partial charge in [-0.2, -0.15) is 0 Å². The average molecular weight is 436 g/mol. The normalized spacial score (nSPS) is 17.9. The van der Waals surface area contributed by atoms with Crippen molar-refractivity contribution >= 4 is 22.4 Å². The highest BCUT2D eigenvalue weighted by molar-refractivity contribution is 7.15. The van der Waals surface area contributed by atoms with Gasteiger partial charge in [0.1, 0.15) is 0 Å². The highest BCUT2D eigenvalue weighted by Crippen LogP contribution is 2.35. The standard InChI is InChI=1S/C23H25N5O2S/c29-23-24-17-6-2-3-7-18(17)28(23)16-9-11-27(12-10-16)14-21-25-26-22(30-21)20-13-15-5-1-4-8-19(15)31-20/h2-3,6-7,13,16H,1,4-5,8-12,14H2,(H,24,29). The third-order valence-corrected chi connectivity index (χ3v) is 7.80. The van der Waals surface area contributed by atoms with Crippen molar-refractivity contribution in [2.45, 2.75) is 51.1 Å². The molecule has 1 fully saturated rings. The van der Waals surface area contributed by atoms with E-state index in [1.807, 2.05) is 28.8 Å². The second-order valence-corrected chi connectivity index (χ2v) is 9.73. The number of thiophene rings is 1. The predicted octanol–water partition coefficient (Wildman–Crippen LogP) is 4.16. The first-order valence-electron chi connectivity index (χ1n) is 11.1. The first kappa shape index (κ1) is 19.0. The van der Waals surface area contributed by atoms with Crippen LogP contribution < -0.4 is 5.69 Å². The molecule has 0 atom stereocenters. The molecule has 0 bridgehead atoms. The third-order valence-electron chi connectivity index (χ3n) is 6.58. The summed E-state index contributed by atoms with van der Waals surface area (Å²) < 4.78 is 7.94. The number of piperidine rings is 1. The van der Waals surface area contributed by atoms with Crippen molar-refractivity contribution < 1.29 is 4.42 Å². The Kier molecular flexibility index (Phi) is 4.76. The topological polar surface area (TPSA) is 80.0 Å². The highest BCUT2D eigenvalue weighted by atomic mass is 32.1. The molecule has 0 amide bonds. The number of H-pyrrole nitrogens is 1. The van der Waals surface area contributed by atoms with Crippen molar-refractivity contribution in [1.29, 1.82) is 0 Å². The number of benzene rings is 1. The number of fused-ring (bicyclic) bond motifs is 2. The summed E-state index contributed by atoms with van der Waals surface area (Å²) in [4.78, 5) is 20.4. The van der Waals surface area contributed by atoms with Gasteiger partial charge in [-0.1, -0.05) is 12.1 Å². The van der Waals surface area contributed by atoms with Crippen LogP contribution in [0.2, 0.25) is 0 Å². The summed E-state index contributed by atoms with van der Waals surface area (Å²) in [6.07, 6.45) is 6.76. The number of hydrogen-bond donors (Lipinski definition) is 1. The van der Waals surface area contributed by atoms with Crippen LogP contribution in [0.1, 0.15) is 48.1 Å². The fourth-order valence-electron chi connectivity index (χ4n) is 4.98. The summed E-state index contributed by atoms with van der Waals surface area (Å²) in [5.41, 5.74) is 3.34. The number of hydrogen-bond acceptors (Lipinski definition) is 6. The van der Waals surface area contributed by atoms with Crippen molar-refractivity contribution in [3.8, 4) is 10.8 Å². The number of likely N-dealkylation sites (tertiary alicyclic amines) is 1. The highest BCUT2D eigenvalue weighted by Gasteiger charge is 2.25. The van der Waals surface area contributed by atoms with Gasteiger partial charge in [-0.25, -0.2) is 4.79 Å². The summed E-state index contributed by atoms with van der Waals surface area (Å²) in [6.45, 7) is 2.47. The smallest absolute Gasteiger partial charge is 0.326 e. The van der Waals surface area contributed by atoms with Crippen molar-refractivity contribution in [3.05, 3.63) is 57.1 Å². The van der Waals surface area contributed by atoms with Gasteiger partial charge >= 0.3 is 5.69 Å². The van der Waals surface area contributed by atoms with Gasteiger partial charge in [-0.3, -0.25) is 9.47 Å². The lowest BCUT2D eigenvalue weighted by Crippen LogP contribution is -2.36. The number of aromatic nitrogens is 4. The monoisotopic (exact) mass is 435 g/mol. The Bertz CT molecular complexity index is 1250. The molecule has 31 heavy (non-hydrogen) atoms. The van der Waals surface area contributed by atoms with Gasteiger partial charge < -0.3 is 9.40 Å². The SMILES string of the molecule is O=c1[nH]c2ccccc2n1C1CCN(Cc2nnc(-c3cc4c(s3)CCCC4)o2)CC1.